The standard InChI is InChI=1S/C8H8O3.CH4/c9-8(10)6-11-7-4-2-1-3-5-7;/h1-5H,6H2,(H,9,10);1H4. The van der Waals surface area contributed by atoms with Crippen molar-refractivity contribution >= 4 is 5.97 Å². The second kappa shape index (κ2) is 5.18. The van der Waals surface area contributed by atoms with Gasteiger partial charge in [0.25, 0.3) is 0 Å². The quantitative estimate of drug-likeness (QED) is 0.748. The molecule has 3 nitrogen and oxygen atoms in total. The van der Waals surface area contributed by atoms with Crippen LogP contribution in [0.15, 0.2) is 30.3 Å². The molecule has 0 aromatic heterocycles. The summed E-state index contributed by atoms with van der Waals surface area (Å²) in [6.07, 6.45) is 0. The van der Waals surface area contributed by atoms with Crippen molar-refractivity contribution in [2.45, 2.75) is 7.43 Å². The van der Waals surface area contributed by atoms with E-state index in [4.69, 9.17) is 9.84 Å². The molecule has 0 unspecified atom stereocenters. The topological polar surface area (TPSA) is 46.5 Å². The van der Waals surface area contributed by atoms with Crippen LogP contribution in [0.1, 0.15) is 7.43 Å². The van der Waals surface area contributed by atoms with E-state index in [1.807, 2.05) is 6.07 Å². The molecule has 0 aliphatic carbocycles. The van der Waals surface area contributed by atoms with Crippen molar-refractivity contribution in [1.29, 1.82) is 0 Å². The molecular formula is C9H12O3. The van der Waals surface area contributed by atoms with Crippen LogP contribution in [0, 0.1) is 0 Å². The van der Waals surface area contributed by atoms with Crippen LogP contribution in [-0.2, 0) is 4.79 Å². The zero-order chi connectivity index (χ0) is 8.10. The molecule has 0 aliphatic heterocycles. The third kappa shape index (κ3) is 3.61. The highest BCUT2D eigenvalue weighted by atomic mass is 16.5. The molecule has 1 aromatic carbocycles. The van der Waals surface area contributed by atoms with Gasteiger partial charge in [0.15, 0.2) is 6.61 Å². The van der Waals surface area contributed by atoms with Crippen molar-refractivity contribution < 1.29 is 14.6 Å². The van der Waals surface area contributed by atoms with E-state index in [2.05, 4.69) is 0 Å². The summed E-state index contributed by atoms with van der Waals surface area (Å²) in [5.74, 6) is -0.385. The molecule has 12 heavy (non-hydrogen) atoms. The maximum atomic E-state index is 10.0. The lowest BCUT2D eigenvalue weighted by Gasteiger charge is -2.00. The van der Waals surface area contributed by atoms with Gasteiger partial charge in [-0.2, -0.15) is 0 Å². The number of carboxylic acids is 1. The lowest BCUT2D eigenvalue weighted by Crippen LogP contribution is -2.09. The van der Waals surface area contributed by atoms with Crippen LogP contribution in [0.4, 0.5) is 0 Å². The maximum Gasteiger partial charge on any atom is 0.341 e. The molecule has 3 heteroatoms. The molecular weight excluding hydrogens is 156 g/mol. The number of ether oxygens (including phenoxy) is 1. The summed E-state index contributed by atoms with van der Waals surface area (Å²) in [7, 11) is 0. The molecule has 0 saturated carbocycles. The number of hydrogen-bond donors (Lipinski definition) is 1. The van der Waals surface area contributed by atoms with Gasteiger partial charge in [-0.15, -0.1) is 0 Å². The Labute approximate surface area is 71.6 Å². The number of carboxylic acid groups (broad SMARTS) is 1. The fraction of sp³-hybridized carbons (Fsp3) is 0.222. The average Bonchev–Trinajstić information content (AvgIpc) is 2.03. The van der Waals surface area contributed by atoms with Crippen LogP contribution in [-0.4, -0.2) is 17.7 Å². The van der Waals surface area contributed by atoms with Crippen molar-refractivity contribution in [2.24, 2.45) is 0 Å². The molecule has 66 valence electrons. The second-order valence-corrected chi connectivity index (χ2v) is 2.00. The summed E-state index contributed by atoms with van der Waals surface area (Å²) in [5.41, 5.74) is 0. The van der Waals surface area contributed by atoms with E-state index in [1.54, 1.807) is 24.3 Å². The summed E-state index contributed by atoms with van der Waals surface area (Å²) in [6.45, 7) is -0.288. The molecule has 0 saturated heterocycles. The number of benzene rings is 1. The van der Waals surface area contributed by atoms with Gasteiger partial charge in [-0.25, -0.2) is 4.79 Å². The van der Waals surface area contributed by atoms with Gasteiger partial charge < -0.3 is 9.84 Å². The minimum atomic E-state index is -0.964. The Bertz CT molecular complexity index is 231. The van der Waals surface area contributed by atoms with Crippen LogP contribution < -0.4 is 4.74 Å². The van der Waals surface area contributed by atoms with Gasteiger partial charge in [-0.05, 0) is 12.1 Å². The van der Waals surface area contributed by atoms with E-state index in [0.717, 1.165) is 0 Å². The van der Waals surface area contributed by atoms with Crippen LogP contribution in [0.25, 0.3) is 0 Å². The average molecular weight is 168 g/mol. The SMILES string of the molecule is C.O=C(O)COc1ccccc1. The first-order chi connectivity index (χ1) is 5.29. The minimum Gasteiger partial charge on any atom is -0.482 e. The Morgan fingerprint density at radius 3 is 2.42 bits per heavy atom. The maximum absolute atomic E-state index is 10.0. The molecule has 0 bridgehead atoms. The fourth-order valence-electron chi connectivity index (χ4n) is 0.662. The molecule has 0 atom stereocenters. The summed E-state index contributed by atoms with van der Waals surface area (Å²) < 4.78 is 4.87. The Morgan fingerprint density at radius 2 is 1.92 bits per heavy atom. The molecule has 0 fully saturated rings. The first-order valence-corrected chi connectivity index (χ1v) is 3.18. The first kappa shape index (κ1) is 10.5. The second-order valence-electron chi connectivity index (χ2n) is 2.00. The Morgan fingerprint density at radius 1 is 1.33 bits per heavy atom. The van der Waals surface area contributed by atoms with Gasteiger partial charge in [-0.3, -0.25) is 0 Å². The van der Waals surface area contributed by atoms with Crippen molar-refractivity contribution in [3.8, 4) is 5.75 Å². The van der Waals surface area contributed by atoms with E-state index in [-0.39, 0.29) is 14.0 Å². The number of aliphatic carboxylic acids is 1. The van der Waals surface area contributed by atoms with Crippen LogP contribution in [0.5, 0.6) is 5.75 Å². The number of rotatable bonds is 3. The highest BCUT2D eigenvalue weighted by Crippen LogP contribution is 2.07. The van der Waals surface area contributed by atoms with E-state index in [1.165, 1.54) is 0 Å². The van der Waals surface area contributed by atoms with Crippen LogP contribution >= 0.6 is 0 Å². The van der Waals surface area contributed by atoms with Gasteiger partial charge in [0, 0.05) is 0 Å². The monoisotopic (exact) mass is 168 g/mol. The van der Waals surface area contributed by atoms with Gasteiger partial charge in [0.2, 0.25) is 0 Å². The lowest BCUT2D eigenvalue weighted by molar-refractivity contribution is -0.139. The van der Waals surface area contributed by atoms with Gasteiger partial charge in [-0.1, -0.05) is 25.6 Å². The van der Waals surface area contributed by atoms with Gasteiger partial charge in [0.05, 0.1) is 0 Å². The van der Waals surface area contributed by atoms with Crippen molar-refractivity contribution in [3.05, 3.63) is 30.3 Å². The Kier molecular flexibility index (Phi) is 4.53. The van der Waals surface area contributed by atoms with E-state index < -0.39 is 5.97 Å². The molecule has 1 rings (SSSR count). The van der Waals surface area contributed by atoms with Crippen molar-refractivity contribution in [2.75, 3.05) is 6.61 Å². The number of para-hydroxylation sites is 1. The van der Waals surface area contributed by atoms with Crippen LogP contribution in [0.3, 0.4) is 0 Å². The normalized spacial score (nSPS) is 8.33. The van der Waals surface area contributed by atoms with Crippen molar-refractivity contribution in [3.63, 3.8) is 0 Å². The van der Waals surface area contributed by atoms with Crippen LogP contribution in [0.2, 0.25) is 0 Å². The zero-order valence-electron chi connectivity index (χ0n) is 5.86. The molecule has 0 aliphatic rings. The summed E-state index contributed by atoms with van der Waals surface area (Å²) in [4.78, 5) is 10.0. The molecule has 0 heterocycles. The molecule has 0 radical (unpaired) electrons. The summed E-state index contributed by atoms with van der Waals surface area (Å²) in [5, 5.41) is 8.25. The predicted molar refractivity (Wildman–Crippen MR) is 46.3 cm³/mol. The number of carbonyl (C=O) groups is 1. The largest absolute Gasteiger partial charge is 0.482 e. The highest BCUT2D eigenvalue weighted by molar-refractivity contribution is 5.68. The third-order valence-corrected chi connectivity index (χ3v) is 1.11. The lowest BCUT2D eigenvalue weighted by atomic mass is 10.3. The fourth-order valence-corrected chi connectivity index (χ4v) is 0.662. The van der Waals surface area contributed by atoms with Crippen molar-refractivity contribution in [1.82, 2.24) is 0 Å². The summed E-state index contributed by atoms with van der Waals surface area (Å²) >= 11 is 0. The Hall–Kier alpha value is -1.51. The molecule has 1 aromatic rings. The molecule has 0 spiro atoms. The molecule has 0 amide bonds. The van der Waals surface area contributed by atoms with Gasteiger partial charge >= 0.3 is 5.97 Å². The molecule has 1 N–H and O–H groups in total. The predicted octanol–water partition coefficient (Wildman–Crippen LogP) is 1.79. The smallest absolute Gasteiger partial charge is 0.341 e. The number of hydrogen-bond acceptors (Lipinski definition) is 2. The minimum absolute atomic E-state index is 0. The van der Waals surface area contributed by atoms with Gasteiger partial charge in [0.1, 0.15) is 5.75 Å². The van der Waals surface area contributed by atoms with E-state index in [9.17, 15) is 4.79 Å². The van der Waals surface area contributed by atoms with E-state index in [0.29, 0.717) is 5.75 Å². The first-order valence-electron chi connectivity index (χ1n) is 3.18. The zero-order valence-corrected chi connectivity index (χ0v) is 5.86. The highest BCUT2D eigenvalue weighted by Gasteiger charge is 1.96. The van der Waals surface area contributed by atoms with E-state index >= 15 is 0 Å². The Balaban J connectivity index is 0.00000121. The third-order valence-electron chi connectivity index (χ3n) is 1.11. The summed E-state index contributed by atoms with van der Waals surface area (Å²) in [6, 6.07) is 8.84.